The first kappa shape index (κ1) is 20.2. The minimum Gasteiger partial charge on any atom is -0.477 e. The Bertz CT molecular complexity index is 1140. The Morgan fingerprint density at radius 2 is 1.48 bits per heavy atom. The van der Waals surface area contributed by atoms with Crippen molar-refractivity contribution in [3.8, 4) is 0 Å². The van der Waals surface area contributed by atoms with Crippen LogP contribution in [0.15, 0.2) is 42.7 Å². The van der Waals surface area contributed by atoms with Crippen LogP contribution in [0.25, 0.3) is 0 Å². The number of rotatable bonds is 5. The van der Waals surface area contributed by atoms with Crippen molar-refractivity contribution in [3.05, 3.63) is 70.5 Å². The van der Waals surface area contributed by atoms with Gasteiger partial charge in [-0.15, -0.1) is 0 Å². The molecule has 0 aliphatic rings. The van der Waals surface area contributed by atoms with E-state index in [1.54, 1.807) is 14.1 Å². The van der Waals surface area contributed by atoms with Crippen molar-refractivity contribution in [2.45, 2.75) is 0 Å². The van der Waals surface area contributed by atoms with Gasteiger partial charge < -0.3 is 24.9 Å². The Hall–Kier alpha value is -3.59. The topological polar surface area (TPSA) is 105 Å². The Morgan fingerprint density at radius 3 is 2.03 bits per heavy atom. The van der Waals surface area contributed by atoms with Gasteiger partial charge in [0.05, 0.1) is 16.9 Å². The van der Waals surface area contributed by atoms with Crippen LogP contribution in [0.1, 0.15) is 31.3 Å². The molecule has 2 aromatic heterocycles. The number of aromatic nitrogens is 2. The van der Waals surface area contributed by atoms with E-state index in [1.807, 2.05) is 0 Å². The maximum Gasteiger partial charge on any atom is 0.352 e. The number of aryl methyl sites for hydroxylation is 2. The van der Waals surface area contributed by atoms with Crippen LogP contribution in [0, 0.1) is 5.82 Å². The highest BCUT2D eigenvalue weighted by atomic mass is 35.5. The number of nitrogens with zero attached hydrogens (tertiary/aromatic N) is 2. The summed E-state index contributed by atoms with van der Waals surface area (Å²) in [6.45, 7) is 0. The number of aromatic carboxylic acids is 1. The second-order valence-corrected chi connectivity index (χ2v) is 6.72. The van der Waals surface area contributed by atoms with Gasteiger partial charge in [0.25, 0.3) is 11.8 Å². The molecule has 1 aromatic carbocycles. The fourth-order valence-corrected chi connectivity index (χ4v) is 2.93. The number of carbonyl (C=O) groups is 3. The molecular formula is C19H16ClFN4O4. The molecule has 0 radical (unpaired) electrons. The Kier molecular flexibility index (Phi) is 5.42. The summed E-state index contributed by atoms with van der Waals surface area (Å²) in [6.07, 6.45) is 2.96. The molecule has 8 nitrogen and oxygen atoms in total. The standard InChI is InChI=1S/C19H16ClFN4O4/c1-24-8-11(22-17(26)13-4-3-10(20)5-14(13)21)6-15(24)18(27)23-12-7-16(19(28)29)25(2)9-12/h3-9H,1-2H3,(H,22,26)(H,23,27)(H,28,29). The van der Waals surface area contributed by atoms with Crippen molar-refractivity contribution in [3.63, 3.8) is 0 Å². The summed E-state index contributed by atoms with van der Waals surface area (Å²) in [5.74, 6) is -3.08. The van der Waals surface area contributed by atoms with Crippen molar-refractivity contribution in [2.24, 2.45) is 14.1 Å². The normalized spacial score (nSPS) is 10.6. The summed E-state index contributed by atoms with van der Waals surface area (Å²) in [6, 6.07) is 6.44. The number of amides is 2. The van der Waals surface area contributed by atoms with E-state index in [2.05, 4.69) is 10.6 Å². The molecule has 0 saturated heterocycles. The maximum absolute atomic E-state index is 13.9. The zero-order chi connectivity index (χ0) is 21.3. The third-order valence-electron chi connectivity index (χ3n) is 4.15. The highest BCUT2D eigenvalue weighted by molar-refractivity contribution is 6.30. The van der Waals surface area contributed by atoms with Crippen LogP contribution < -0.4 is 10.6 Å². The van der Waals surface area contributed by atoms with E-state index in [9.17, 15) is 18.8 Å². The van der Waals surface area contributed by atoms with E-state index in [1.165, 1.54) is 45.8 Å². The molecule has 29 heavy (non-hydrogen) atoms. The number of benzene rings is 1. The minimum absolute atomic E-state index is 0.0186. The van der Waals surface area contributed by atoms with E-state index in [-0.39, 0.29) is 27.7 Å². The first-order valence-corrected chi connectivity index (χ1v) is 8.67. The lowest BCUT2D eigenvalue weighted by Gasteiger charge is -2.04. The number of anilines is 2. The van der Waals surface area contributed by atoms with Crippen LogP contribution >= 0.6 is 11.6 Å². The summed E-state index contributed by atoms with van der Waals surface area (Å²) >= 11 is 5.68. The van der Waals surface area contributed by atoms with Gasteiger partial charge in [0.15, 0.2) is 0 Å². The van der Waals surface area contributed by atoms with Crippen molar-refractivity contribution < 1.29 is 23.9 Å². The van der Waals surface area contributed by atoms with E-state index >= 15 is 0 Å². The van der Waals surface area contributed by atoms with Gasteiger partial charge in [-0.25, -0.2) is 9.18 Å². The van der Waals surface area contributed by atoms with Crippen molar-refractivity contribution in [2.75, 3.05) is 10.6 Å². The molecule has 0 fully saturated rings. The highest BCUT2D eigenvalue weighted by Crippen LogP contribution is 2.20. The number of carboxylic acid groups (broad SMARTS) is 1. The van der Waals surface area contributed by atoms with Gasteiger partial charge in [-0.1, -0.05) is 11.6 Å². The number of hydrogen-bond donors (Lipinski definition) is 3. The van der Waals surface area contributed by atoms with Gasteiger partial charge in [-0.3, -0.25) is 9.59 Å². The molecular weight excluding hydrogens is 403 g/mol. The molecule has 0 atom stereocenters. The average Bonchev–Trinajstić information content (AvgIpc) is 3.17. The predicted octanol–water partition coefficient (Wildman–Crippen LogP) is 3.36. The SMILES string of the molecule is Cn1cc(NC(=O)c2cc(NC(=O)c3ccc(Cl)cc3F)cn2C)cc1C(=O)O. The van der Waals surface area contributed by atoms with Gasteiger partial charge in [0.2, 0.25) is 0 Å². The van der Waals surface area contributed by atoms with Crippen molar-refractivity contribution in [1.82, 2.24) is 9.13 Å². The van der Waals surface area contributed by atoms with Crippen LogP contribution in [0.4, 0.5) is 15.8 Å². The third kappa shape index (κ3) is 4.30. The van der Waals surface area contributed by atoms with Crippen molar-refractivity contribution >= 4 is 40.8 Å². The van der Waals surface area contributed by atoms with Crippen LogP contribution in [0.2, 0.25) is 5.02 Å². The van der Waals surface area contributed by atoms with E-state index in [0.29, 0.717) is 5.69 Å². The summed E-state index contributed by atoms with van der Waals surface area (Å²) in [5, 5.41) is 14.4. The third-order valence-corrected chi connectivity index (χ3v) is 4.39. The second kappa shape index (κ2) is 7.80. The number of halogens is 2. The fraction of sp³-hybridized carbons (Fsp3) is 0.105. The first-order chi connectivity index (χ1) is 13.7. The first-order valence-electron chi connectivity index (χ1n) is 8.29. The summed E-state index contributed by atoms with van der Waals surface area (Å²) < 4.78 is 16.7. The molecule has 3 aromatic rings. The quantitative estimate of drug-likeness (QED) is 0.590. The lowest BCUT2D eigenvalue weighted by atomic mass is 10.2. The number of carbonyl (C=O) groups excluding carboxylic acids is 2. The van der Waals surface area contributed by atoms with Gasteiger partial charge >= 0.3 is 5.97 Å². The molecule has 0 saturated carbocycles. The van der Waals surface area contributed by atoms with Crippen molar-refractivity contribution in [1.29, 1.82) is 0 Å². The number of nitrogens with one attached hydrogen (secondary N) is 2. The van der Waals surface area contributed by atoms with E-state index < -0.39 is 23.6 Å². The molecule has 150 valence electrons. The summed E-state index contributed by atoms with van der Waals surface area (Å²) in [7, 11) is 3.15. The molecule has 0 bridgehead atoms. The zero-order valence-corrected chi connectivity index (χ0v) is 16.1. The fourth-order valence-electron chi connectivity index (χ4n) is 2.77. The van der Waals surface area contributed by atoms with Gasteiger partial charge in [-0.2, -0.15) is 0 Å². The Labute approximate surface area is 169 Å². The van der Waals surface area contributed by atoms with E-state index in [4.69, 9.17) is 16.7 Å². The lowest BCUT2D eigenvalue weighted by molar-refractivity contribution is 0.0686. The number of carboxylic acids is 1. The largest absolute Gasteiger partial charge is 0.477 e. The average molecular weight is 419 g/mol. The number of hydrogen-bond acceptors (Lipinski definition) is 3. The highest BCUT2D eigenvalue weighted by Gasteiger charge is 2.18. The Balaban J connectivity index is 1.75. The minimum atomic E-state index is -1.12. The maximum atomic E-state index is 13.9. The molecule has 0 aliphatic carbocycles. The molecule has 2 heterocycles. The summed E-state index contributed by atoms with van der Waals surface area (Å²) in [5.41, 5.74) is 0.638. The zero-order valence-electron chi connectivity index (χ0n) is 15.4. The van der Waals surface area contributed by atoms with E-state index in [0.717, 1.165) is 6.07 Å². The smallest absolute Gasteiger partial charge is 0.352 e. The van der Waals surface area contributed by atoms with Crippen LogP contribution in [-0.4, -0.2) is 32.0 Å². The molecule has 0 aliphatic heterocycles. The molecule has 3 rings (SSSR count). The molecule has 0 unspecified atom stereocenters. The monoisotopic (exact) mass is 418 g/mol. The van der Waals surface area contributed by atoms with Gasteiger partial charge in [-0.05, 0) is 30.3 Å². The molecule has 10 heteroatoms. The molecule has 2 amide bonds. The lowest BCUT2D eigenvalue weighted by Crippen LogP contribution is -2.15. The Morgan fingerprint density at radius 1 is 0.931 bits per heavy atom. The molecule has 0 spiro atoms. The van der Waals surface area contributed by atoms with Gasteiger partial charge in [0.1, 0.15) is 17.2 Å². The van der Waals surface area contributed by atoms with Crippen LogP contribution in [-0.2, 0) is 14.1 Å². The van der Waals surface area contributed by atoms with Gasteiger partial charge in [0, 0.05) is 31.5 Å². The predicted molar refractivity (Wildman–Crippen MR) is 105 cm³/mol. The molecule has 3 N–H and O–H groups in total. The van der Waals surface area contributed by atoms with Crippen LogP contribution in [0.5, 0.6) is 0 Å². The second-order valence-electron chi connectivity index (χ2n) is 6.29. The summed E-state index contributed by atoms with van der Waals surface area (Å²) in [4.78, 5) is 35.9. The van der Waals surface area contributed by atoms with Crippen LogP contribution in [0.3, 0.4) is 0 Å².